The molecule has 0 radical (unpaired) electrons. The van der Waals surface area contributed by atoms with Crippen molar-refractivity contribution in [3.05, 3.63) is 64.2 Å². The molecule has 1 aliphatic heterocycles. The highest BCUT2D eigenvalue weighted by Crippen LogP contribution is 2.32. The van der Waals surface area contributed by atoms with Gasteiger partial charge in [-0.3, -0.25) is 4.79 Å². The maximum atomic E-state index is 11.4. The van der Waals surface area contributed by atoms with Crippen LogP contribution in [0.15, 0.2) is 42.5 Å². The van der Waals surface area contributed by atoms with Gasteiger partial charge in [0.25, 0.3) is 0 Å². The molecule has 1 atom stereocenters. The summed E-state index contributed by atoms with van der Waals surface area (Å²) in [6.07, 6.45) is 1.33. The summed E-state index contributed by atoms with van der Waals surface area (Å²) in [5, 5.41) is 3.60. The van der Waals surface area contributed by atoms with Crippen molar-refractivity contribution in [1.82, 2.24) is 0 Å². The first kappa shape index (κ1) is 13.7. The van der Waals surface area contributed by atoms with Crippen LogP contribution in [0.5, 0.6) is 0 Å². The molecule has 1 unspecified atom stereocenters. The molecule has 0 aromatic heterocycles. The van der Waals surface area contributed by atoms with Gasteiger partial charge >= 0.3 is 0 Å². The molecule has 4 heteroatoms. The van der Waals surface area contributed by atoms with E-state index in [1.807, 2.05) is 30.3 Å². The summed E-state index contributed by atoms with van der Waals surface area (Å²) in [5.41, 5.74) is 4.37. The summed E-state index contributed by atoms with van der Waals surface area (Å²) in [6, 6.07) is 14.0. The molecular weight excluding hydrogens is 338 g/mol. The Morgan fingerprint density at radius 1 is 1.25 bits per heavy atom. The summed E-state index contributed by atoms with van der Waals surface area (Å²) >= 11 is 9.73. The topological polar surface area (TPSA) is 29.1 Å². The molecule has 0 saturated carbocycles. The van der Waals surface area contributed by atoms with Crippen LogP contribution in [0.25, 0.3) is 0 Å². The molecular formula is C16H13BrClNO. The number of benzene rings is 2. The van der Waals surface area contributed by atoms with Crippen molar-refractivity contribution in [3.8, 4) is 0 Å². The molecule has 0 bridgehead atoms. The number of halogens is 2. The van der Waals surface area contributed by atoms with E-state index in [0.29, 0.717) is 6.42 Å². The minimum atomic E-state index is 0.0677. The van der Waals surface area contributed by atoms with Gasteiger partial charge in [0, 0.05) is 15.5 Å². The van der Waals surface area contributed by atoms with Crippen molar-refractivity contribution in [1.29, 1.82) is 0 Å². The fourth-order valence-corrected chi connectivity index (χ4v) is 3.30. The summed E-state index contributed by atoms with van der Waals surface area (Å²) in [4.78, 5) is 11.6. The Bertz CT molecular complexity index is 671. The van der Waals surface area contributed by atoms with Gasteiger partial charge in [0.1, 0.15) is 0 Å². The number of amides is 1. The van der Waals surface area contributed by atoms with Crippen molar-refractivity contribution in [3.63, 3.8) is 0 Å². The number of fused-ring (bicyclic) bond motifs is 1. The first-order valence-corrected chi connectivity index (χ1v) is 7.72. The van der Waals surface area contributed by atoms with E-state index in [0.717, 1.165) is 22.7 Å². The molecule has 102 valence electrons. The number of nitrogens with one attached hydrogen (secondary N) is 1. The highest BCUT2D eigenvalue weighted by molar-refractivity contribution is 9.09. The van der Waals surface area contributed by atoms with Crippen LogP contribution in [0, 0.1) is 0 Å². The number of carbonyl (C=O) groups excluding carboxylic acids is 1. The van der Waals surface area contributed by atoms with Crippen molar-refractivity contribution in [2.24, 2.45) is 0 Å². The monoisotopic (exact) mass is 349 g/mol. The maximum Gasteiger partial charge on any atom is 0.228 e. The summed E-state index contributed by atoms with van der Waals surface area (Å²) < 4.78 is 0. The zero-order valence-electron chi connectivity index (χ0n) is 10.7. The van der Waals surface area contributed by atoms with E-state index in [1.165, 1.54) is 11.1 Å². The molecule has 0 saturated heterocycles. The lowest BCUT2D eigenvalue weighted by atomic mass is 10.0. The maximum absolute atomic E-state index is 11.4. The molecule has 1 aliphatic rings. The first-order valence-electron chi connectivity index (χ1n) is 6.43. The molecule has 0 aliphatic carbocycles. The lowest BCUT2D eigenvalue weighted by Gasteiger charge is -2.12. The Kier molecular flexibility index (Phi) is 3.81. The Morgan fingerprint density at radius 2 is 2.10 bits per heavy atom. The lowest BCUT2D eigenvalue weighted by Crippen LogP contribution is -2.03. The quantitative estimate of drug-likeness (QED) is 0.811. The van der Waals surface area contributed by atoms with Gasteiger partial charge in [-0.1, -0.05) is 51.8 Å². The van der Waals surface area contributed by atoms with E-state index in [4.69, 9.17) is 11.6 Å². The van der Waals surface area contributed by atoms with E-state index in [2.05, 4.69) is 33.4 Å². The van der Waals surface area contributed by atoms with Crippen LogP contribution < -0.4 is 5.32 Å². The molecule has 1 N–H and O–H groups in total. The van der Waals surface area contributed by atoms with Gasteiger partial charge in [0.2, 0.25) is 5.91 Å². The largest absolute Gasteiger partial charge is 0.326 e. The van der Waals surface area contributed by atoms with Crippen molar-refractivity contribution < 1.29 is 4.79 Å². The Labute approximate surface area is 131 Å². The molecule has 2 nitrogen and oxygen atoms in total. The normalized spacial score (nSPS) is 14.8. The van der Waals surface area contributed by atoms with E-state index in [9.17, 15) is 4.79 Å². The second-order valence-corrected chi connectivity index (χ2v) is 6.48. The molecule has 3 rings (SSSR count). The highest BCUT2D eigenvalue weighted by Gasteiger charge is 2.19. The molecule has 2 aromatic carbocycles. The molecule has 1 amide bonds. The first-order chi connectivity index (χ1) is 9.61. The van der Waals surface area contributed by atoms with Crippen molar-refractivity contribution in [2.45, 2.75) is 17.7 Å². The van der Waals surface area contributed by atoms with Crippen LogP contribution in [0.2, 0.25) is 5.02 Å². The van der Waals surface area contributed by atoms with Crippen LogP contribution in [0.1, 0.15) is 21.5 Å². The molecule has 20 heavy (non-hydrogen) atoms. The van der Waals surface area contributed by atoms with Gasteiger partial charge in [-0.05, 0) is 41.3 Å². The SMILES string of the molecule is O=C1Cc2cc(C(Br)Cc3cccc(Cl)c3)ccc2N1. The fourth-order valence-electron chi connectivity index (χ4n) is 2.43. The third-order valence-corrected chi connectivity index (χ3v) is 4.51. The Hall–Kier alpha value is -1.32. The third kappa shape index (κ3) is 2.89. The second-order valence-electron chi connectivity index (χ2n) is 4.94. The molecule has 1 heterocycles. The Balaban J connectivity index is 1.79. The van der Waals surface area contributed by atoms with Gasteiger partial charge in [0.15, 0.2) is 0 Å². The van der Waals surface area contributed by atoms with E-state index < -0.39 is 0 Å². The minimum absolute atomic E-state index is 0.0677. The molecule has 0 spiro atoms. The average Bonchev–Trinajstić information content (AvgIpc) is 2.77. The van der Waals surface area contributed by atoms with E-state index in [1.54, 1.807) is 0 Å². The predicted octanol–water partition coefficient (Wildman–Crippen LogP) is 4.51. The van der Waals surface area contributed by atoms with Crippen LogP contribution in [-0.2, 0) is 17.6 Å². The number of carbonyl (C=O) groups is 1. The van der Waals surface area contributed by atoms with Crippen LogP contribution in [0.3, 0.4) is 0 Å². The number of anilines is 1. The van der Waals surface area contributed by atoms with Crippen LogP contribution in [0.4, 0.5) is 5.69 Å². The van der Waals surface area contributed by atoms with Gasteiger partial charge < -0.3 is 5.32 Å². The lowest BCUT2D eigenvalue weighted by molar-refractivity contribution is -0.115. The molecule has 2 aromatic rings. The van der Waals surface area contributed by atoms with Crippen LogP contribution in [-0.4, -0.2) is 5.91 Å². The fraction of sp³-hybridized carbons (Fsp3) is 0.188. The third-order valence-electron chi connectivity index (χ3n) is 3.42. The average molecular weight is 351 g/mol. The van der Waals surface area contributed by atoms with Gasteiger partial charge in [-0.25, -0.2) is 0 Å². The number of rotatable bonds is 3. The van der Waals surface area contributed by atoms with Gasteiger partial charge in [-0.2, -0.15) is 0 Å². The summed E-state index contributed by atoms with van der Waals surface area (Å²) in [6.45, 7) is 0. The number of hydrogen-bond acceptors (Lipinski definition) is 1. The second kappa shape index (κ2) is 5.58. The zero-order chi connectivity index (χ0) is 14.1. The van der Waals surface area contributed by atoms with E-state index >= 15 is 0 Å². The summed E-state index contributed by atoms with van der Waals surface area (Å²) in [5.74, 6) is 0.0677. The van der Waals surface area contributed by atoms with Gasteiger partial charge in [0.05, 0.1) is 6.42 Å². The van der Waals surface area contributed by atoms with E-state index in [-0.39, 0.29) is 10.7 Å². The van der Waals surface area contributed by atoms with Gasteiger partial charge in [-0.15, -0.1) is 0 Å². The summed E-state index contributed by atoms with van der Waals surface area (Å²) in [7, 11) is 0. The molecule has 0 fully saturated rings. The minimum Gasteiger partial charge on any atom is -0.326 e. The standard InChI is InChI=1S/C16H13BrClNO/c17-14(7-10-2-1-3-13(18)6-10)11-4-5-15-12(8-11)9-16(20)19-15/h1-6,8,14H,7,9H2,(H,19,20). The van der Waals surface area contributed by atoms with Crippen molar-refractivity contribution in [2.75, 3.05) is 5.32 Å². The van der Waals surface area contributed by atoms with Crippen LogP contribution >= 0.6 is 27.5 Å². The van der Waals surface area contributed by atoms with Crippen molar-refractivity contribution >= 4 is 39.1 Å². The predicted molar refractivity (Wildman–Crippen MR) is 85.6 cm³/mol. The number of hydrogen-bond donors (Lipinski definition) is 1. The zero-order valence-corrected chi connectivity index (χ0v) is 13.0. The smallest absolute Gasteiger partial charge is 0.228 e. The Morgan fingerprint density at radius 3 is 2.90 bits per heavy atom. The highest BCUT2D eigenvalue weighted by atomic mass is 79.9. The number of alkyl halides is 1.